The summed E-state index contributed by atoms with van der Waals surface area (Å²) in [5, 5.41) is 5.12. The van der Waals surface area contributed by atoms with Crippen molar-refractivity contribution in [2.45, 2.75) is 25.0 Å². The van der Waals surface area contributed by atoms with Crippen molar-refractivity contribution in [3.8, 4) is 5.75 Å². The lowest BCUT2D eigenvalue weighted by atomic mass is 9.76. The van der Waals surface area contributed by atoms with Crippen LogP contribution in [0.3, 0.4) is 0 Å². The van der Waals surface area contributed by atoms with E-state index in [0.29, 0.717) is 6.54 Å². The van der Waals surface area contributed by atoms with E-state index in [9.17, 15) is 4.79 Å². The Morgan fingerprint density at radius 2 is 1.87 bits per heavy atom. The van der Waals surface area contributed by atoms with Crippen LogP contribution in [-0.4, -0.2) is 24.7 Å². The van der Waals surface area contributed by atoms with Gasteiger partial charge < -0.3 is 15.0 Å². The molecule has 5 rings (SSSR count). The third-order valence-corrected chi connectivity index (χ3v) is 6.57. The van der Waals surface area contributed by atoms with E-state index in [2.05, 4.69) is 79.2 Å². The lowest BCUT2D eigenvalue weighted by Crippen LogP contribution is -2.61. The first-order chi connectivity index (χ1) is 15.0. The molecular weight excluding hydrogens is 384 g/mol. The van der Waals surface area contributed by atoms with Crippen LogP contribution < -0.4 is 15.0 Å². The van der Waals surface area contributed by atoms with Gasteiger partial charge in [0.15, 0.2) is 0 Å². The minimum absolute atomic E-state index is 0.0625. The molecule has 1 amide bonds. The van der Waals surface area contributed by atoms with Crippen molar-refractivity contribution in [2.24, 2.45) is 0 Å². The van der Waals surface area contributed by atoms with Gasteiger partial charge in [0.05, 0.1) is 5.41 Å². The molecule has 3 aromatic carbocycles. The average molecular weight is 411 g/mol. The van der Waals surface area contributed by atoms with Crippen molar-refractivity contribution in [1.82, 2.24) is 5.32 Å². The summed E-state index contributed by atoms with van der Waals surface area (Å²) in [6.07, 6.45) is 5.94. The molecule has 0 saturated heterocycles. The number of fused-ring (bicyclic) bond motifs is 4. The van der Waals surface area contributed by atoms with Crippen LogP contribution >= 0.6 is 0 Å². The van der Waals surface area contributed by atoms with Crippen LogP contribution in [0.2, 0.25) is 0 Å². The zero-order valence-corrected chi connectivity index (χ0v) is 17.9. The van der Waals surface area contributed by atoms with Gasteiger partial charge in [0, 0.05) is 23.2 Å². The molecule has 156 valence electrons. The number of nitrogens with one attached hydrogen (secondary N) is 1. The van der Waals surface area contributed by atoms with E-state index >= 15 is 0 Å². The minimum atomic E-state index is -0.820. The molecule has 1 unspecified atom stereocenters. The number of carbonyl (C=O) groups excluding carboxylic acids is 1. The molecule has 2 heterocycles. The topological polar surface area (TPSA) is 41.6 Å². The fraction of sp³-hybridized carbons (Fsp3) is 0.222. The zero-order valence-electron chi connectivity index (χ0n) is 17.9. The van der Waals surface area contributed by atoms with Gasteiger partial charge in [-0.2, -0.15) is 0 Å². The lowest BCUT2D eigenvalue weighted by Gasteiger charge is -2.47. The fourth-order valence-electron chi connectivity index (χ4n) is 4.91. The summed E-state index contributed by atoms with van der Waals surface area (Å²) in [7, 11) is 0. The number of hydrogen-bond donors (Lipinski definition) is 1. The number of amides is 1. The summed E-state index contributed by atoms with van der Waals surface area (Å²) in [4.78, 5) is 14.9. The Kier molecular flexibility index (Phi) is 4.40. The number of nitrogens with zero attached hydrogens (tertiary/aromatic N) is 1. The highest BCUT2D eigenvalue weighted by Gasteiger charge is 2.59. The van der Waals surface area contributed by atoms with Crippen LogP contribution in [0.25, 0.3) is 16.8 Å². The van der Waals surface area contributed by atoms with Crippen molar-refractivity contribution in [3.63, 3.8) is 0 Å². The van der Waals surface area contributed by atoms with Gasteiger partial charge in [-0.1, -0.05) is 60.7 Å². The molecule has 0 aliphatic carbocycles. The van der Waals surface area contributed by atoms with Crippen molar-refractivity contribution in [1.29, 1.82) is 0 Å². The monoisotopic (exact) mass is 410 g/mol. The molecule has 2 aliphatic heterocycles. The smallest absolute Gasteiger partial charge is 0.239 e. The Hall–Kier alpha value is -3.53. The van der Waals surface area contributed by atoms with E-state index in [1.165, 1.54) is 5.56 Å². The largest absolute Gasteiger partial charge is 0.462 e. The van der Waals surface area contributed by atoms with E-state index < -0.39 is 5.72 Å². The van der Waals surface area contributed by atoms with Gasteiger partial charge in [-0.3, -0.25) is 4.79 Å². The summed E-state index contributed by atoms with van der Waals surface area (Å²) in [6, 6.07) is 20.7. The Bertz CT molecular complexity index is 1230. The van der Waals surface area contributed by atoms with Crippen molar-refractivity contribution in [3.05, 3.63) is 90.5 Å². The predicted molar refractivity (Wildman–Crippen MR) is 126 cm³/mol. The van der Waals surface area contributed by atoms with Crippen LogP contribution in [0, 0.1) is 0 Å². The number of rotatable bonds is 4. The first kappa shape index (κ1) is 19.4. The number of benzene rings is 3. The molecule has 0 aromatic heterocycles. The molecule has 0 bridgehead atoms. The Labute approximate surface area is 182 Å². The lowest BCUT2D eigenvalue weighted by molar-refractivity contribution is -0.120. The first-order valence-corrected chi connectivity index (χ1v) is 10.6. The van der Waals surface area contributed by atoms with E-state index in [4.69, 9.17) is 4.74 Å². The Morgan fingerprint density at radius 3 is 2.71 bits per heavy atom. The number of ether oxygens (including phenoxy) is 1. The maximum Gasteiger partial charge on any atom is 0.239 e. The second kappa shape index (κ2) is 7.02. The molecule has 2 aliphatic rings. The second-order valence-corrected chi connectivity index (χ2v) is 8.66. The van der Waals surface area contributed by atoms with E-state index in [1.54, 1.807) is 6.08 Å². The summed E-state index contributed by atoms with van der Waals surface area (Å²) < 4.78 is 6.95. The molecule has 31 heavy (non-hydrogen) atoms. The molecule has 4 nitrogen and oxygen atoms in total. The maximum atomic E-state index is 12.8. The maximum absolute atomic E-state index is 12.8. The van der Waals surface area contributed by atoms with Gasteiger partial charge >= 0.3 is 0 Å². The SMILES string of the molecule is C=CCNC(=O)CN1c2ccccc2C(C)(C)C12C=Cc1ccc3ccccc3c1O2. The summed E-state index contributed by atoms with van der Waals surface area (Å²) in [6.45, 7) is 8.71. The van der Waals surface area contributed by atoms with Crippen molar-refractivity contribution < 1.29 is 9.53 Å². The van der Waals surface area contributed by atoms with E-state index in [0.717, 1.165) is 27.8 Å². The number of carbonyl (C=O) groups is 1. The zero-order chi connectivity index (χ0) is 21.6. The van der Waals surface area contributed by atoms with Gasteiger partial charge in [0.25, 0.3) is 0 Å². The molecular formula is C27H26N2O2. The van der Waals surface area contributed by atoms with Crippen LogP contribution in [0.1, 0.15) is 25.0 Å². The fourth-order valence-corrected chi connectivity index (χ4v) is 4.91. The Morgan fingerprint density at radius 1 is 1.10 bits per heavy atom. The summed E-state index contributed by atoms with van der Waals surface area (Å²) >= 11 is 0. The third kappa shape index (κ3) is 2.78. The summed E-state index contributed by atoms with van der Waals surface area (Å²) in [5.74, 6) is 0.797. The summed E-state index contributed by atoms with van der Waals surface area (Å²) in [5.41, 5.74) is 2.04. The number of anilines is 1. The molecule has 0 radical (unpaired) electrons. The third-order valence-electron chi connectivity index (χ3n) is 6.57. The van der Waals surface area contributed by atoms with Crippen LogP contribution in [-0.2, 0) is 10.2 Å². The predicted octanol–water partition coefficient (Wildman–Crippen LogP) is 5.04. The second-order valence-electron chi connectivity index (χ2n) is 8.66. The Balaban J connectivity index is 1.67. The van der Waals surface area contributed by atoms with Crippen LogP contribution in [0.4, 0.5) is 5.69 Å². The van der Waals surface area contributed by atoms with E-state index in [1.807, 2.05) is 24.3 Å². The van der Waals surface area contributed by atoms with E-state index in [-0.39, 0.29) is 17.9 Å². The molecule has 1 spiro atoms. The first-order valence-electron chi connectivity index (χ1n) is 10.6. The molecule has 1 atom stereocenters. The molecule has 0 fully saturated rings. The normalized spacial score (nSPS) is 20.3. The molecule has 0 saturated carbocycles. The van der Waals surface area contributed by atoms with Gasteiger partial charge in [0.1, 0.15) is 12.3 Å². The van der Waals surface area contributed by atoms with Crippen LogP contribution in [0.5, 0.6) is 5.75 Å². The average Bonchev–Trinajstić information content (AvgIpc) is 2.96. The van der Waals surface area contributed by atoms with Crippen molar-refractivity contribution in [2.75, 3.05) is 18.0 Å². The van der Waals surface area contributed by atoms with Gasteiger partial charge in [-0.25, -0.2) is 0 Å². The van der Waals surface area contributed by atoms with Gasteiger partial charge in [-0.05, 0) is 43.0 Å². The highest BCUT2D eigenvalue weighted by atomic mass is 16.5. The molecule has 1 N–H and O–H groups in total. The van der Waals surface area contributed by atoms with Gasteiger partial charge in [-0.15, -0.1) is 6.58 Å². The van der Waals surface area contributed by atoms with Gasteiger partial charge in [0.2, 0.25) is 11.6 Å². The number of para-hydroxylation sites is 1. The van der Waals surface area contributed by atoms with Crippen LogP contribution in [0.15, 0.2) is 79.4 Å². The highest BCUT2D eigenvalue weighted by Crippen LogP contribution is 2.55. The molecule has 4 heteroatoms. The number of hydrogen-bond acceptors (Lipinski definition) is 3. The molecule has 3 aromatic rings. The highest BCUT2D eigenvalue weighted by molar-refractivity contribution is 5.93. The minimum Gasteiger partial charge on any atom is -0.462 e. The van der Waals surface area contributed by atoms with Crippen molar-refractivity contribution >= 4 is 28.4 Å². The standard InChI is InChI=1S/C27H26N2O2/c1-4-17-28-24(30)18-29-23-12-8-7-11-22(23)26(2,3)27(29)16-15-20-14-13-19-9-5-6-10-21(19)25(20)31-27/h4-16H,1,17-18H2,2-3H3,(H,28,30). The quantitative estimate of drug-likeness (QED) is 0.613.